The van der Waals surface area contributed by atoms with Gasteiger partial charge in [0.25, 0.3) is 5.82 Å². The molecule has 5 aromatic rings. The number of carbonyl (C=O) groups excluding carboxylic acids is 2. The summed E-state index contributed by atoms with van der Waals surface area (Å²) in [7, 11) is 0. The number of benzene rings is 1. The lowest BCUT2D eigenvalue weighted by Gasteiger charge is -2.21. The summed E-state index contributed by atoms with van der Waals surface area (Å²) in [5.74, 6) is -0.700. The number of ether oxygens (including phenoxy) is 2. The molecule has 13 nitrogen and oxygen atoms in total. The molecular formula is C39H39N9O4. The maximum absolute atomic E-state index is 13.1. The largest absolute Gasteiger partial charge is 0.460 e. The Hall–Kier alpha value is -6.13. The summed E-state index contributed by atoms with van der Waals surface area (Å²) in [4.78, 5) is 41.6. The van der Waals surface area contributed by atoms with Gasteiger partial charge in [0, 0.05) is 5.56 Å². The van der Waals surface area contributed by atoms with Crippen LogP contribution in [0.2, 0.25) is 0 Å². The second-order valence-corrected chi connectivity index (χ2v) is 13.5. The zero-order valence-corrected chi connectivity index (χ0v) is 29.8. The maximum atomic E-state index is 13.1. The van der Waals surface area contributed by atoms with Crippen LogP contribution in [0, 0.1) is 24.5 Å². The Morgan fingerprint density at radius 1 is 0.750 bits per heavy atom. The molecule has 0 spiro atoms. The Morgan fingerprint density at radius 2 is 1.29 bits per heavy atom. The van der Waals surface area contributed by atoms with Crippen molar-refractivity contribution in [2.75, 3.05) is 0 Å². The van der Waals surface area contributed by atoms with Crippen molar-refractivity contribution in [3.8, 4) is 17.5 Å². The Bertz CT molecular complexity index is 2390. The van der Waals surface area contributed by atoms with E-state index in [1.54, 1.807) is 4.52 Å². The minimum Gasteiger partial charge on any atom is -0.460 e. The number of rotatable bonds is 5. The number of hydrogen-bond acceptors (Lipinski definition) is 9. The molecule has 52 heavy (non-hydrogen) atoms. The summed E-state index contributed by atoms with van der Waals surface area (Å²) in [6, 6.07) is 11.7. The summed E-state index contributed by atoms with van der Waals surface area (Å²) in [6.07, 6.45) is 9.52. The third-order valence-electron chi connectivity index (χ3n) is 9.36. The van der Waals surface area contributed by atoms with E-state index in [4.69, 9.17) is 22.6 Å². The number of nitriles is 1. The van der Waals surface area contributed by atoms with Gasteiger partial charge in [0.2, 0.25) is 11.4 Å². The van der Waals surface area contributed by atoms with E-state index >= 15 is 0 Å². The minimum atomic E-state index is -0.591. The molecule has 1 aromatic carbocycles. The molecule has 0 bridgehead atoms. The number of aromatic nitrogens is 6. The fourth-order valence-corrected chi connectivity index (χ4v) is 6.89. The van der Waals surface area contributed by atoms with E-state index in [0.29, 0.717) is 27.9 Å². The number of esters is 2. The van der Waals surface area contributed by atoms with Crippen LogP contribution in [0.1, 0.15) is 118 Å². The van der Waals surface area contributed by atoms with Crippen LogP contribution in [-0.4, -0.2) is 53.3 Å². The second kappa shape index (κ2) is 15.4. The van der Waals surface area contributed by atoms with E-state index in [2.05, 4.69) is 35.9 Å². The van der Waals surface area contributed by atoms with Gasteiger partial charge in [0.1, 0.15) is 23.3 Å². The van der Waals surface area contributed by atoms with E-state index in [-0.39, 0.29) is 40.5 Å². The van der Waals surface area contributed by atoms with Crippen molar-refractivity contribution in [1.29, 1.82) is 5.26 Å². The lowest BCUT2D eigenvalue weighted by molar-refractivity contribution is 0.0191. The maximum Gasteiger partial charge on any atom is 0.378 e. The van der Waals surface area contributed by atoms with Gasteiger partial charge in [-0.1, -0.05) is 54.3 Å². The molecule has 0 saturated heterocycles. The molecule has 0 N–H and O–H groups in total. The Morgan fingerprint density at radius 3 is 1.83 bits per heavy atom. The molecule has 13 heteroatoms. The minimum absolute atomic E-state index is 0.0842. The van der Waals surface area contributed by atoms with Crippen molar-refractivity contribution in [3.63, 3.8) is 0 Å². The highest BCUT2D eigenvalue weighted by Crippen LogP contribution is 2.28. The van der Waals surface area contributed by atoms with Crippen LogP contribution in [0.5, 0.6) is 0 Å². The molecule has 0 atom stereocenters. The number of nitrogens with zero attached hydrogens (tertiary/aromatic N) is 9. The standard InChI is InChI=1S/C23H28N4O4.C16H11N5/c1-14(2)19-18(24-3)17(22(28)30-15-10-6-4-7-11-15)21-25-20(26-27(19)21)23(29)31-16-12-8-5-9-13-16;1-10(2)14-13(18-3)12(9-17)16-19-15(20-21(14)16)11-7-5-4-6-8-11/h15-16H,4-13H2,1-2H3;4-8H,1-2H3. The average Bonchev–Trinajstić information content (AvgIpc) is 3.90. The van der Waals surface area contributed by atoms with Crippen LogP contribution < -0.4 is 10.7 Å². The first-order valence-electron chi connectivity index (χ1n) is 17.6. The lowest BCUT2D eigenvalue weighted by atomic mass is 9.98. The first-order valence-corrected chi connectivity index (χ1v) is 17.6. The van der Waals surface area contributed by atoms with E-state index in [9.17, 15) is 14.9 Å². The molecule has 2 aliphatic rings. The molecule has 0 radical (unpaired) electrons. The SMILES string of the molecule is [C-]#[N+]c1c(C#N)c2nc(-c3ccccc3)nn2c1=C(C)C.[C-]#[N+]c1c(C(=O)OC2CCCCC2)c2nc(C(=O)OC3CCCCC3)nn2c1=C(C)C. The number of hydrogen-bond donors (Lipinski definition) is 0. The zero-order chi connectivity index (χ0) is 36.9. The number of fused-ring (bicyclic) bond motifs is 2. The topological polar surface area (TPSA) is 145 Å². The van der Waals surface area contributed by atoms with Gasteiger partial charge in [0.05, 0.1) is 29.9 Å². The van der Waals surface area contributed by atoms with Gasteiger partial charge >= 0.3 is 11.9 Å². The first-order chi connectivity index (χ1) is 25.2. The summed E-state index contributed by atoms with van der Waals surface area (Å²) in [5.41, 5.74) is 4.10. The quantitative estimate of drug-likeness (QED) is 0.141. The van der Waals surface area contributed by atoms with Crippen molar-refractivity contribution in [2.24, 2.45) is 0 Å². The molecule has 264 valence electrons. The summed E-state index contributed by atoms with van der Waals surface area (Å²) in [5, 5.41) is 19.3. The predicted octanol–water partition coefficient (Wildman–Crippen LogP) is 6.90. The normalized spacial score (nSPS) is 14.9. The molecule has 4 heterocycles. The Kier molecular flexibility index (Phi) is 10.6. The Balaban J connectivity index is 0.000000192. The van der Waals surface area contributed by atoms with E-state index in [1.165, 1.54) is 4.52 Å². The van der Waals surface area contributed by atoms with Crippen LogP contribution in [-0.2, 0) is 9.47 Å². The van der Waals surface area contributed by atoms with Gasteiger partial charge in [-0.15, -0.1) is 10.2 Å². The smallest absolute Gasteiger partial charge is 0.378 e. The van der Waals surface area contributed by atoms with Crippen LogP contribution in [0.25, 0.3) is 43.5 Å². The fourth-order valence-electron chi connectivity index (χ4n) is 6.89. The Labute approximate surface area is 301 Å². The van der Waals surface area contributed by atoms with E-state index in [0.717, 1.165) is 80.9 Å². The monoisotopic (exact) mass is 697 g/mol. The molecule has 0 aliphatic heterocycles. The molecule has 0 unspecified atom stereocenters. The van der Waals surface area contributed by atoms with Crippen LogP contribution >= 0.6 is 0 Å². The summed E-state index contributed by atoms with van der Waals surface area (Å²) < 4.78 is 14.3. The van der Waals surface area contributed by atoms with Crippen LogP contribution in [0.15, 0.2) is 30.3 Å². The molecule has 2 saturated carbocycles. The average molecular weight is 698 g/mol. The second-order valence-electron chi connectivity index (χ2n) is 13.5. The van der Waals surface area contributed by atoms with Gasteiger partial charge in [-0.05, 0) is 79.1 Å². The van der Waals surface area contributed by atoms with Crippen molar-refractivity contribution in [1.82, 2.24) is 29.2 Å². The van der Waals surface area contributed by atoms with Crippen molar-refractivity contribution < 1.29 is 19.1 Å². The van der Waals surface area contributed by atoms with Gasteiger partial charge in [-0.2, -0.15) is 5.26 Å². The first kappa shape index (κ1) is 35.7. The van der Waals surface area contributed by atoms with E-state index < -0.39 is 11.9 Å². The third-order valence-corrected chi connectivity index (χ3v) is 9.36. The van der Waals surface area contributed by atoms with Gasteiger partial charge < -0.3 is 9.47 Å². The van der Waals surface area contributed by atoms with Crippen molar-refractivity contribution in [2.45, 2.75) is 104 Å². The third kappa shape index (κ3) is 6.93. The molecule has 4 aromatic heterocycles. The zero-order valence-electron chi connectivity index (χ0n) is 29.8. The lowest BCUT2D eigenvalue weighted by Crippen LogP contribution is -2.22. The van der Waals surface area contributed by atoms with Crippen molar-refractivity contribution in [3.05, 3.63) is 80.8 Å². The van der Waals surface area contributed by atoms with Gasteiger partial charge in [-0.3, -0.25) is 0 Å². The van der Waals surface area contributed by atoms with Crippen LogP contribution in [0.3, 0.4) is 0 Å². The highest BCUT2D eigenvalue weighted by Gasteiger charge is 2.31. The highest BCUT2D eigenvalue weighted by molar-refractivity contribution is 6.03. The fraction of sp³-hybridized carbons (Fsp3) is 0.410. The molecular weight excluding hydrogens is 658 g/mol. The van der Waals surface area contributed by atoms with Gasteiger partial charge in [-0.25, -0.2) is 38.3 Å². The number of carbonyl (C=O) groups is 2. The van der Waals surface area contributed by atoms with Gasteiger partial charge in [0.15, 0.2) is 17.1 Å². The molecule has 2 fully saturated rings. The molecule has 0 amide bonds. The highest BCUT2D eigenvalue weighted by atomic mass is 16.5. The van der Waals surface area contributed by atoms with Crippen molar-refractivity contribution >= 4 is 45.8 Å². The van der Waals surface area contributed by atoms with Crippen LogP contribution in [0.4, 0.5) is 11.4 Å². The predicted molar refractivity (Wildman–Crippen MR) is 193 cm³/mol. The molecule has 2 aliphatic carbocycles. The molecule has 7 rings (SSSR count). The summed E-state index contributed by atoms with van der Waals surface area (Å²) >= 11 is 0. The summed E-state index contributed by atoms with van der Waals surface area (Å²) in [6.45, 7) is 22.4. The van der Waals surface area contributed by atoms with E-state index in [1.807, 2.05) is 58.0 Å².